The standard InChI is InChI=1S/C19H18N2O4/c1-23-15-8-14(9-16(10-15)24-2)19(22)21-12-13-5-6-17(20-11-13)18-4-3-7-25-18/h3-11H,12H2,1-2H3,(H,21,22). The summed E-state index contributed by atoms with van der Waals surface area (Å²) < 4.78 is 15.7. The lowest BCUT2D eigenvalue weighted by Crippen LogP contribution is -2.22. The molecule has 0 saturated heterocycles. The van der Waals surface area contributed by atoms with E-state index in [-0.39, 0.29) is 5.91 Å². The van der Waals surface area contributed by atoms with Crippen LogP contribution in [0, 0.1) is 0 Å². The molecule has 1 aromatic carbocycles. The minimum absolute atomic E-state index is 0.215. The molecule has 3 rings (SSSR count). The first-order chi connectivity index (χ1) is 12.2. The van der Waals surface area contributed by atoms with Crippen LogP contribution in [-0.4, -0.2) is 25.1 Å². The zero-order chi connectivity index (χ0) is 17.6. The Morgan fingerprint density at radius 1 is 1.12 bits per heavy atom. The maximum Gasteiger partial charge on any atom is 0.251 e. The Bertz CT molecular complexity index is 820. The van der Waals surface area contributed by atoms with E-state index in [9.17, 15) is 4.79 Å². The molecular formula is C19H18N2O4. The second kappa shape index (κ2) is 7.53. The van der Waals surface area contributed by atoms with Gasteiger partial charge in [-0.2, -0.15) is 0 Å². The Hall–Kier alpha value is -3.28. The van der Waals surface area contributed by atoms with Gasteiger partial charge in [0.1, 0.15) is 17.2 Å². The zero-order valence-corrected chi connectivity index (χ0v) is 14.0. The summed E-state index contributed by atoms with van der Waals surface area (Å²) in [6, 6.07) is 12.5. The van der Waals surface area contributed by atoms with E-state index < -0.39 is 0 Å². The van der Waals surface area contributed by atoms with Crippen molar-refractivity contribution in [2.75, 3.05) is 14.2 Å². The van der Waals surface area contributed by atoms with Gasteiger partial charge in [-0.1, -0.05) is 6.07 Å². The van der Waals surface area contributed by atoms with Crippen LogP contribution in [0.15, 0.2) is 59.3 Å². The summed E-state index contributed by atoms with van der Waals surface area (Å²) in [4.78, 5) is 16.7. The number of amides is 1. The lowest BCUT2D eigenvalue weighted by molar-refractivity contribution is 0.0950. The molecule has 3 aromatic rings. The quantitative estimate of drug-likeness (QED) is 0.746. The number of hydrogen-bond donors (Lipinski definition) is 1. The molecule has 0 saturated carbocycles. The summed E-state index contributed by atoms with van der Waals surface area (Å²) in [6.45, 7) is 0.365. The van der Waals surface area contributed by atoms with Crippen molar-refractivity contribution >= 4 is 5.91 Å². The maximum absolute atomic E-state index is 12.4. The van der Waals surface area contributed by atoms with Crippen molar-refractivity contribution in [2.24, 2.45) is 0 Å². The van der Waals surface area contributed by atoms with Crippen molar-refractivity contribution in [3.63, 3.8) is 0 Å². The predicted octanol–water partition coefficient (Wildman–Crippen LogP) is 3.29. The van der Waals surface area contributed by atoms with Crippen molar-refractivity contribution in [1.82, 2.24) is 10.3 Å². The van der Waals surface area contributed by atoms with Crippen molar-refractivity contribution in [3.05, 3.63) is 66.1 Å². The van der Waals surface area contributed by atoms with Crippen LogP contribution in [0.1, 0.15) is 15.9 Å². The van der Waals surface area contributed by atoms with Gasteiger partial charge in [-0.05, 0) is 35.9 Å². The molecule has 25 heavy (non-hydrogen) atoms. The number of carbonyl (C=O) groups is 1. The van der Waals surface area contributed by atoms with Crippen molar-refractivity contribution in [3.8, 4) is 23.0 Å². The molecule has 0 atom stereocenters. The molecule has 1 N–H and O–H groups in total. The van der Waals surface area contributed by atoms with Gasteiger partial charge in [-0.25, -0.2) is 0 Å². The molecule has 0 bridgehead atoms. The fraction of sp³-hybridized carbons (Fsp3) is 0.158. The summed E-state index contributed by atoms with van der Waals surface area (Å²) >= 11 is 0. The molecule has 0 aliphatic rings. The number of carbonyl (C=O) groups excluding carboxylic acids is 1. The molecule has 2 heterocycles. The molecule has 128 valence electrons. The highest BCUT2D eigenvalue weighted by atomic mass is 16.5. The molecular weight excluding hydrogens is 320 g/mol. The van der Waals surface area contributed by atoms with Crippen molar-refractivity contribution < 1.29 is 18.7 Å². The molecule has 0 fully saturated rings. The van der Waals surface area contributed by atoms with Crippen LogP contribution in [-0.2, 0) is 6.54 Å². The summed E-state index contributed by atoms with van der Waals surface area (Å²) in [6.07, 6.45) is 3.32. The third kappa shape index (κ3) is 3.98. The number of rotatable bonds is 6. The normalized spacial score (nSPS) is 10.3. The number of ether oxygens (including phenoxy) is 2. The van der Waals surface area contributed by atoms with Gasteiger partial charge in [0.15, 0.2) is 5.76 Å². The van der Waals surface area contributed by atoms with Gasteiger partial charge < -0.3 is 19.2 Å². The monoisotopic (exact) mass is 338 g/mol. The topological polar surface area (TPSA) is 73.6 Å². The number of pyridine rings is 1. The van der Waals surface area contributed by atoms with Crippen molar-refractivity contribution in [1.29, 1.82) is 0 Å². The van der Waals surface area contributed by atoms with Gasteiger partial charge >= 0.3 is 0 Å². The van der Waals surface area contributed by atoms with Crippen LogP contribution in [0.5, 0.6) is 11.5 Å². The molecule has 2 aromatic heterocycles. The highest BCUT2D eigenvalue weighted by molar-refractivity contribution is 5.95. The Kier molecular flexibility index (Phi) is 4.99. The fourth-order valence-corrected chi connectivity index (χ4v) is 2.32. The number of aromatic nitrogens is 1. The lowest BCUT2D eigenvalue weighted by atomic mass is 10.1. The maximum atomic E-state index is 12.4. The van der Waals surface area contributed by atoms with Gasteiger partial charge in [0, 0.05) is 24.4 Å². The number of methoxy groups -OCH3 is 2. The zero-order valence-electron chi connectivity index (χ0n) is 14.0. The molecule has 6 nitrogen and oxygen atoms in total. The smallest absolute Gasteiger partial charge is 0.251 e. The van der Waals surface area contributed by atoms with E-state index in [1.54, 1.807) is 44.9 Å². The summed E-state index contributed by atoms with van der Waals surface area (Å²) in [5, 5.41) is 2.86. The minimum Gasteiger partial charge on any atom is -0.497 e. The number of benzene rings is 1. The van der Waals surface area contributed by atoms with Crippen LogP contribution in [0.25, 0.3) is 11.5 Å². The number of nitrogens with zero attached hydrogens (tertiary/aromatic N) is 1. The van der Waals surface area contributed by atoms with E-state index in [2.05, 4.69) is 10.3 Å². The van der Waals surface area contributed by atoms with E-state index >= 15 is 0 Å². The molecule has 0 radical (unpaired) electrons. The largest absolute Gasteiger partial charge is 0.497 e. The number of nitrogens with one attached hydrogen (secondary N) is 1. The Morgan fingerprint density at radius 3 is 2.44 bits per heavy atom. The van der Waals surface area contributed by atoms with E-state index in [1.165, 1.54) is 0 Å². The van der Waals surface area contributed by atoms with Crippen LogP contribution in [0.3, 0.4) is 0 Å². The van der Waals surface area contributed by atoms with E-state index in [4.69, 9.17) is 13.9 Å². The average molecular weight is 338 g/mol. The first-order valence-electron chi connectivity index (χ1n) is 7.69. The predicted molar refractivity (Wildman–Crippen MR) is 92.7 cm³/mol. The minimum atomic E-state index is -0.215. The SMILES string of the molecule is COc1cc(OC)cc(C(=O)NCc2ccc(-c3ccco3)nc2)c1. The second-order valence-corrected chi connectivity index (χ2v) is 5.31. The molecule has 6 heteroatoms. The summed E-state index contributed by atoms with van der Waals surface area (Å²) in [7, 11) is 3.09. The number of hydrogen-bond acceptors (Lipinski definition) is 5. The van der Waals surface area contributed by atoms with E-state index in [0.29, 0.717) is 29.4 Å². The fourth-order valence-electron chi connectivity index (χ4n) is 2.32. The van der Waals surface area contributed by atoms with Crippen LogP contribution in [0.2, 0.25) is 0 Å². The van der Waals surface area contributed by atoms with Gasteiger partial charge in [0.2, 0.25) is 0 Å². The Labute approximate surface area is 145 Å². The Balaban J connectivity index is 1.66. The molecule has 0 aliphatic heterocycles. The Morgan fingerprint density at radius 2 is 1.88 bits per heavy atom. The third-order valence-electron chi connectivity index (χ3n) is 3.67. The van der Waals surface area contributed by atoms with Crippen LogP contribution >= 0.6 is 0 Å². The first-order valence-corrected chi connectivity index (χ1v) is 7.69. The second-order valence-electron chi connectivity index (χ2n) is 5.31. The highest BCUT2D eigenvalue weighted by Crippen LogP contribution is 2.22. The first kappa shape index (κ1) is 16.6. The van der Waals surface area contributed by atoms with Gasteiger partial charge in [0.25, 0.3) is 5.91 Å². The molecule has 0 unspecified atom stereocenters. The van der Waals surface area contributed by atoms with E-state index in [1.807, 2.05) is 24.3 Å². The summed E-state index contributed by atoms with van der Waals surface area (Å²) in [5.74, 6) is 1.62. The van der Waals surface area contributed by atoms with Gasteiger partial charge in [0.05, 0.1) is 20.5 Å². The van der Waals surface area contributed by atoms with Crippen LogP contribution in [0.4, 0.5) is 0 Å². The lowest BCUT2D eigenvalue weighted by Gasteiger charge is -2.09. The number of furan rings is 1. The third-order valence-corrected chi connectivity index (χ3v) is 3.67. The van der Waals surface area contributed by atoms with Crippen molar-refractivity contribution in [2.45, 2.75) is 6.54 Å². The molecule has 0 aliphatic carbocycles. The van der Waals surface area contributed by atoms with Gasteiger partial charge in [-0.15, -0.1) is 0 Å². The van der Waals surface area contributed by atoms with Gasteiger partial charge in [-0.3, -0.25) is 9.78 Å². The highest BCUT2D eigenvalue weighted by Gasteiger charge is 2.10. The summed E-state index contributed by atoms with van der Waals surface area (Å²) in [5.41, 5.74) is 2.10. The molecule has 0 spiro atoms. The molecule has 1 amide bonds. The van der Waals surface area contributed by atoms with Crippen LogP contribution < -0.4 is 14.8 Å². The average Bonchev–Trinajstić information content (AvgIpc) is 3.20. The van der Waals surface area contributed by atoms with E-state index in [0.717, 1.165) is 11.3 Å².